The second-order valence-corrected chi connectivity index (χ2v) is 8.35. The molecule has 0 aliphatic heterocycles. The monoisotopic (exact) mass is 438 g/mol. The molecule has 160 valence electrons. The van der Waals surface area contributed by atoms with Gasteiger partial charge in [0.05, 0.1) is 15.7 Å². The molecule has 28 heavy (non-hydrogen) atoms. The van der Waals surface area contributed by atoms with Crippen LogP contribution >= 0.6 is 0 Å². The van der Waals surface area contributed by atoms with Crippen molar-refractivity contribution in [1.82, 2.24) is 0 Å². The maximum atomic E-state index is 14.7. The molecule has 0 aromatic heterocycles. The zero-order valence-electron chi connectivity index (χ0n) is 14.9. The Labute approximate surface area is 156 Å². The van der Waals surface area contributed by atoms with Gasteiger partial charge in [0.1, 0.15) is 0 Å². The quantitative estimate of drug-likeness (QED) is 0.648. The number of rotatable bonds is 6. The van der Waals surface area contributed by atoms with E-state index in [-0.39, 0.29) is 12.5 Å². The molecule has 1 atom stereocenters. The van der Waals surface area contributed by atoms with Gasteiger partial charge in [0.15, 0.2) is 9.84 Å². The van der Waals surface area contributed by atoms with Crippen LogP contribution < -0.4 is 0 Å². The van der Waals surface area contributed by atoms with E-state index < -0.39 is 67.1 Å². The van der Waals surface area contributed by atoms with Crippen molar-refractivity contribution in [2.24, 2.45) is 0 Å². The Bertz CT molecular complexity index is 843. The molecule has 0 unspecified atom stereocenters. The molecule has 0 amide bonds. The number of benzene rings is 1. The number of halogens is 7. The van der Waals surface area contributed by atoms with Crippen molar-refractivity contribution < 1.29 is 49.1 Å². The Morgan fingerprint density at radius 1 is 1.04 bits per heavy atom. The predicted molar refractivity (Wildman–Crippen MR) is 84.6 cm³/mol. The lowest BCUT2D eigenvalue weighted by atomic mass is 9.90. The van der Waals surface area contributed by atoms with E-state index in [2.05, 4.69) is 0 Å². The summed E-state index contributed by atoms with van der Waals surface area (Å²) in [5, 5.41) is 7.68. The number of carbonyl (C=O) groups is 1. The topological polar surface area (TPSA) is 71.4 Å². The fourth-order valence-electron chi connectivity index (χ4n) is 2.66. The van der Waals surface area contributed by atoms with E-state index in [0.29, 0.717) is 6.07 Å². The lowest BCUT2D eigenvalue weighted by molar-refractivity contribution is -0.349. The summed E-state index contributed by atoms with van der Waals surface area (Å²) in [4.78, 5) is 9.74. The highest BCUT2D eigenvalue weighted by atomic mass is 32.2. The van der Waals surface area contributed by atoms with Crippen molar-refractivity contribution >= 4 is 15.8 Å². The van der Waals surface area contributed by atoms with Crippen LogP contribution in [0, 0.1) is 0 Å². The number of hydrogen-bond acceptors (Lipinski definition) is 3. The molecule has 0 heterocycles. The summed E-state index contributed by atoms with van der Waals surface area (Å²) in [6, 6.07) is 0.275. The van der Waals surface area contributed by atoms with Crippen LogP contribution in [0.25, 0.3) is 0 Å². The fourth-order valence-corrected chi connectivity index (χ4v) is 4.62. The van der Waals surface area contributed by atoms with E-state index >= 15 is 0 Å². The first-order chi connectivity index (χ1) is 12.5. The van der Waals surface area contributed by atoms with Crippen LogP contribution in [-0.4, -0.2) is 37.1 Å². The molecule has 12 heteroatoms. The summed E-state index contributed by atoms with van der Waals surface area (Å²) in [6.45, 7) is 3.47. The highest BCUT2D eigenvalue weighted by molar-refractivity contribution is 7.92. The molecule has 0 radical (unpaired) electrons. The average Bonchev–Trinajstić information content (AvgIpc) is 2.56. The predicted octanol–water partition coefficient (Wildman–Crippen LogP) is 4.81. The van der Waals surface area contributed by atoms with Gasteiger partial charge in [0.25, 0.3) is 0 Å². The van der Waals surface area contributed by atoms with Crippen molar-refractivity contribution in [2.75, 3.05) is 0 Å². The highest BCUT2D eigenvalue weighted by Gasteiger charge is 2.74. The van der Waals surface area contributed by atoms with Crippen LogP contribution in [0.1, 0.15) is 48.7 Å². The first-order valence-corrected chi connectivity index (χ1v) is 9.48. The Morgan fingerprint density at radius 2 is 1.50 bits per heavy atom. The summed E-state index contributed by atoms with van der Waals surface area (Å²) in [7, 11) is -4.93. The minimum Gasteiger partial charge on any atom is -0.478 e. The van der Waals surface area contributed by atoms with E-state index in [4.69, 9.17) is 5.11 Å². The molecule has 0 aliphatic carbocycles. The molecule has 0 aliphatic rings. The lowest BCUT2D eigenvalue weighted by Gasteiger charge is -2.33. The first-order valence-electron chi connectivity index (χ1n) is 7.94. The second-order valence-electron chi connectivity index (χ2n) is 6.04. The summed E-state index contributed by atoms with van der Waals surface area (Å²) < 4.78 is 120. The molecule has 0 bridgehead atoms. The second kappa shape index (κ2) is 7.53. The zero-order valence-corrected chi connectivity index (χ0v) is 15.7. The largest absolute Gasteiger partial charge is 0.478 e. The fraction of sp³-hybridized carbons (Fsp3) is 0.562. The highest BCUT2D eigenvalue weighted by Crippen LogP contribution is 2.55. The van der Waals surface area contributed by atoms with Gasteiger partial charge in [-0.2, -0.15) is 26.3 Å². The molecule has 1 rings (SSSR count). The Balaban J connectivity index is 4.27. The third-order valence-electron chi connectivity index (χ3n) is 4.39. The van der Waals surface area contributed by atoms with Crippen molar-refractivity contribution in [2.45, 2.75) is 61.8 Å². The third-order valence-corrected chi connectivity index (χ3v) is 6.81. The van der Waals surface area contributed by atoms with Gasteiger partial charge in [-0.15, -0.1) is 0 Å². The molecule has 0 saturated carbocycles. The van der Waals surface area contributed by atoms with Gasteiger partial charge >= 0.3 is 24.0 Å². The van der Waals surface area contributed by atoms with Gasteiger partial charge < -0.3 is 5.11 Å². The van der Waals surface area contributed by atoms with Gasteiger partial charge in [-0.25, -0.2) is 17.6 Å². The van der Waals surface area contributed by atoms with Gasteiger partial charge in [-0.1, -0.05) is 19.9 Å². The molecule has 1 aromatic carbocycles. The molecule has 0 fully saturated rings. The van der Waals surface area contributed by atoms with E-state index in [9.17, 15) is 43.9 Å². The van der Waals surface area contributed by atoms with Crippen molar-refractivity contribution in [3.05, 3.63) is 28.8 Å². The minimum absolute atomic E-state index is 0.0706. The first kappa shape index (κ1) is 24.2. The van der Waals surface area contributed by atoms with Crippen LogP contribution in [0.15, 0.2) is 17.0 Å². The Morgan fingerprint density at radius 3 is 1.82 bits per heavy atom. The van der Waals surface area contributed by atoms with Gasteiger partial charge in [0.2, 0.25) is 0 Å². The van der Waals surface area contributed by atoms with Crippen LogP contribution in [0.5, 0.6) is 0 Å². The molecule has 1 N–H and O–H groups in total. The Kier molecular flexibility index (Phi) is 6.50. The summed E-state index contributed by atoms with van der Waals surface area (Å²) in [5.74, 6) is -1.77. The van der Waals surface area contributed by atoms with Crippen LogP contribution in [0.3, 0.4) is 0 Å². The number of carboxylic acid groups (broad SMARTS) is 1. The molecule has 0 saturated heterocycles. The average molecular weight is 438 g/mol. The maximum absolute atomic E-state index is 14.7. The normalized spacial score (nSPS) is 14.8. The van der Waals surface area contributed by atoms with Crippen molar-refractivity contribution in [3.63, 3.8) is 0 Å². The van der Waals surface area contributed by atoms with Gasteiger partial charge in [-0.3, -0.25) is 0 Å². The van der Waals surface area contributed by atoms with E-state index in [1.54, 1.807) is 0 Å². The number of carboxylic acids is 1. The number of alkyl halides is 7. The van der Waals surface area contributed by atoms with E-state index in [1.807, 2.05) is 0 Å². The summed E-state index contributed by atoms with van der Waals surface area (Å²) >= 11 is 0. The van der Waals surface area contributed by atoms with Crippen LogP contribution in [-0.2, 0) is 21.9 Å². The standard InChI is InChI=1S/C16H17F7O4S/c1-4-8(3)28(26,27)12-9(5-2)10(13(24)25)6-7-11(12)14(17,15(18,19)20)16(21,22)23/h6-8H,4-5H2,1-3H3,(H,24,25)/t8-/m0/s1. The SMILES string of the molecule is CCc1c(C(=O)O)ccc(C(F)(C(F)(F)F)C(F)(F)F)c1S(=O)(=O)[C@@H](C)CC. The molecule has 4 nitrogen and oxygen atoms in total. The summed E-state index contributed by atoms with van der Waals surface area (Å²) in [5.41, 5.74) is -9.83. The van der Waals surface area contributed by atoms with E-state index in [1.165, 1.54) is 6.92 Å². The lowest BCUT2D eigenvalue weighted by Crippen LogP contribution is -2.51. The van der Waals surface area contributed by atoms with E-state index in [0.717, 1.165) is 13.8 Å². The smallest absolute Gasteiger partial charge is 0.435 e. The van der Waals surface area contributed by atoms with Crippen molar-refractivity contribution in [3.8, 4) is 0 Å². The van der Waals surface area contributed by atoms with Crippen LogP contribution in [0.2, 0.25) is 0 Å². The minimum atomic E-state index is -6.54. The summed E-state index contributed by atoms with van der Waals surface area (Å²) in [6.07, 6.45) is -13.8. The number of aromatic carboxylic acids is 1. The number of hydrogen-bond donors (Lipinski definition) is 1. The molecule has 1 aromatic rings. The van der Waals surface area contributed by atoms with Gasteiger partial charge in [0, 0.05) is 5.56 Å². The molecular formula is C16H17F7O4S. The van der Waals surface area contributed by atoms with Gasteiger partial charge in [-0.05, 0) is 31.4 Å². The van der Waals surface area contributed by atoms with Crippen LogP contribution in [0.4, 0.5) is 30.7 Å². The Hall–Kier alpha value is -1.85. The maximum Gasteiger partial charge on any atom is 0.435 e. The third kappa shape index (κ3) is 3.70. The zero-order chi connectivity index (χ0) is 22.3. The number of sulfone groups is 1. The van der Waals surface area contributed by atoms with Crippen molar-refractivity contribution in [1.29, 1.82) is 0 Å². The molecular weight excluding hydrogens is 421 g/mol. The molecule has 0 spiro atoms.